The Morgan fingerprint density at radius 2 is 2.04 bits per heavy atom. The molecule has 1 N–H and O–H groups in total. The minimum atomic E-state index is -4.43. The molecule has 24 heavy (non-hydrogen) atoms. The van der Waals surface area contributed by atoms with E-state index in [0.717, 1.165) is 12.1 Å². The summed E-state index contributed by atoms with van der Waals surface area (Å²) in [7, 11) is 0. The number of benzene rings is 1. The summed E-state index contributed by atoms with van der Waals surface area (Å²) in [5.74, 6) is 0.374. The Morgan fingerprint density at radius 1 is 1.25 bits per heavy atom. The number of nitriles is 1. The number of pyridine rings is 1. The van der Waals surface area contributed by atoms with Crippen molar-refractivity contribution in [3.63, 3.8) is 0 Å². The molecule has 0 saturated carbocycles. The molecule has 2 aromatic rings. The first kappa shape index (κ1) is 16.3. The Hall–Kier alpha value is -2.59. The van der Waals surface area contributed by atoms with E-state index in [1.807, 2.05) is 6.07 Å². The van der Waals surface area contributed by atoms with Crippen LogP contribution >= 0.6 is 0 Å². The van der Waals surface area contributed by atoms with Crippen LogP contribution < -0.4 is 4.90 Å². The molecule has 1 aromatic carbocycles. The number of aromatic nitrogens is 1. The van der Waals surface area contributed by atoms with Crippen molar-refractivity contribution < 1.29 is 18.3 Å². The largest absolute Gasteiger partial charge is 0.416 e. The van der Waals surface area contributed by atoms with Gasteiger partial charge in [0.2, 0.25) is 0 Å². The molecule has 3 rings (SSSR count). The molecular formula is C17H14F3N3O. The zero-order chi connectivity index (χ0) is 17.3. The second-order valence-electron chi connectivity index (χ2n) is 5.67. The first-order valence-electron chi connectivity index (χ1n) is 7.37. The van der Waals surface area contributed by atoms with E-state index in [0.29, 0.717) is 16.9 Å². The van der Waals surface area contributed by atoms with Gasteiger partial charge in [0.05, 0.1) is 23.3 Å². The molecule has 0 unspecified atom stereocenters. The third kappa shape index (κ3) is 3.05. The van der Waals surface area contributed by atoms with Gasteiger partial charge in [0.15, 0.2) is 0 Å². The van der Waals surface area contributed by atoms with E-state index in [4.69, 9.17) is 0 Å². The van der Waals surface area contributed by atoms with E-state index in [1.165, 1.54) is 12.3 Å². The highest BCUT2D eigenvalue weighted by Gasteiger charge is 2.36. The first-order valence-corrected chi connectivity index (χ1v) is 7.37. The lowest BCUT2D eigenvalue weighted by Crippen LogP contribution is -2.26. The molecule has 0 bridgehead atoms. The lowest BCUT2D eigenvalue weighted by atomic mass is 10.0. The molecule has 7 heteroatoms. The second kappa shape index (κ2) is 6.13. The smallest absolute Gasteiger partial charge is 0.391 e. The highest BCUT2D eigenvalue weighted by Crippen LogP contribution is 2.38. The number of alkyl halides is 3. The average molecular weight is 333 g/mol. The monoisotopic (exact) mass is 333 g/mol. The van der Waals surface area contributed by atoms with E-state index in [1.54, 1.807) is 23.1 Å². The van der Waals surface area contributed by atoms with E-state index >= 15 is 0 Å². The van der Waals surface area contributed by atoms with Crippen molar-refractivity contribution in [1.82, 2.24) is 4.98 Å². The lowest BCUT2D eigenvalue weighted by Gasteiger charge is -2.26. The number of hydrogen-bond donors (Lipinski definition) is 1. The Kier molecular flexibility index (Phi) is 4.16. The summed E-state index contributed by atoms with van der Waals surface area (Å²) in [6, 6.07) is 9.82. The van der Waals surface area contributed by atoms with Crippen LogP contribution in [0.5, 0.6) is 0 Å². The third-order valence-corrected chi connectivity index (χ3v) is 4.06. The summed E-state index contributed by atoms with van der Waals surface area (Å²) >= 11 is 0. The highest BCUT2D eigenvalue weighted by molar-refractivity contribution is 5.56. The molecular weight excluding hydrogens is 319 g/mol. The van der Waals surface area contributed by atoms with E-state index in [9.17, 15) is 23.5 Å². The molecule has 0 spiro atoms. The number of hydrogen-bond acceptors (Lipinski definition) is 4. The van der Waals surface area contributed by atoms with Crippen LogP contribution in [0.3, 0.4) is 0 Å². The van der Waals surface area contributed by atoms with Gasteiger partial charge in [-0.1, -0.05) is 12.1 Å². The Labute approximate surface area is 136 Å². The fourth-order valence-electron chi connectivity index (χ4n) is 3.00. The van der Waals surface area contributed by atoms with Crippen LogP contribution in [-0.4, -0.2) is 22.7 Å². The predicted molar refractivity (Wildman–Crippen MR) is 81.1 cm³/mol. The summed E-state index contributed by atoms with van der Waals surface area (Å²) in [4.78, 5) is 5.88. The van der Waals surface area contributed by atoms with Crippen LogP contribution in [0.4, 0.5) is 19.0 Å². The quantitative estimate of drug-likeness (QED) is 0.916. The van der Waals surface area contributed by atoms with Gasteiger partial charge in [-0.2, -0.15) is 18.4 Å². The van der Waals surface area contributed by atoms with Crippen LogP contribution in [0, 0.1) is 11.3 Å². The van der Waals surface area contributed by atoms with Gasteiger partial charge in [0.1, 0.15) is 11.9 Å². The van der Waals surface area contributed by atoms with Crippen LogP contribution in [0.25, 0.3) is 0 Å². The fourth-order valence-corrected chi connectivity index (χ4v) is 3.00. The zero-order valence-electron chi connectivity index (χ0n) is 12.5. The molecule has 2 heterocycles. The van der Waals surface area contributed by atoms with Crippen LogP contribution in [0.2, 0.25) is 0 Å². The third-order valence-electron chi connectivity index (χ3n) is 4.06. The summed E-state index contributed by atoms with van der Waals surface area (Å²) in [5, 5.41) is 19.2. The van der Waals surface area contributed by atoms with Gasteiger partial charge in [-0.15, -0.1) is 0 Å². The average Bonchev–Trinajstić information content (AvgIpc) is 2.96. The molecule has 1 saturated heterocycles. The van der Waals surface area contributed by atoms with Crippen molar-refractivity contribution in [1.29, 1.82) is 5.26 Å². The summed E-state index contributed by atoms with van der Waals surface area (Å²) in [6.45, 7) is 0.215. The number of nitrogens with zero attached hydrogens (tertiary/aromatic N) is 3. The van der Waals surface area contributed by atoms with Gasteiger partial charge in [0.25, 0.3) is 0 Å². The number of anilines is 1. The molecule has 0 amide bonds. The molecule has 0 radical (unpaired) electrons. The number of aliphatic hydroxyl groups is 1. The summed E-state index contributed by atoms with van der Waals surface area (Å²) in [5.41, 5.74) is 0.0300. The number of rotatable bonds is 2. The number of halogens is 3. The molecule has 1 aliphatic rings. The minimum absolute atomic E-state index is 0.215. The molecule has 1 aliphatic heterocycles. The molecule has 124 valence electrons. The summed E-state index contributed by atoms with van der Waals surface area (Å²) in [6.07, 6.45) is -3.33. The van der Waals surface area contributed by atoms with Gasteiger partial charge in [-0.05, 0) is 36.2 Å². The van der Waals surface area contributed by atoms with E-state index in [2.05, 4.69) is 4.98 Å². The second-order valence-corrected chi connectivity index (χ2v) is 5.67. The van der Waals surface area contributed by atoms with Gasteiger partial charge in [0, 0.05) is 12.7 Å². The Bertz CT molecular complexity index is 785. The first-order chi connectivity index (χ1) is 11.4. The Balaban J connectivity index is 2.02. The molecule has 2 atom stereocenters. The maximum atomic E-state index is 13.0. The van der Waals surface area contributed by atoms with Crippen molar-refractivity contribution >= 4 is 5.82 Å². The van der Waals surface area contributed by atoms with Gasteiger partial charge in [-0.3, -0.25) is 0 Å². The molecule has 1 fully saturated rings. The van der Waals surface area contributed by atoms with Crippen LogP contribution in [-0.2, 0) is 6.18 Å². The number of β-amino-alcohol motifs (C(OH)–C–C–N with tert-alkyl or cyclic N) is 1. The SMILES string of the molecule is N#Cc1cccnc1N1C[C@@H](O)C[C@@H]1c1cccc(C(F)(F)F)c1. The van der Waals surface area contributed by atoms with E-state index < -0.39 is 23.9 Å². The van der Waals surface area contributed by atoms with Crippen LogP contribution in [0.15, 0.2) is 42.6 Å². The standard InChI is InChI=1S/C17H14F3N3O/c18-17(19,20)13-5-1-3-11(7-13)15-8-14(24)10-23(15)16-12(9-21)4-2-6-22-16/h1-7,14-15,24H,8,10H2/t14-,15+/m0/s1. The highest BCUT2D eigenvalue weighted by atomic mass is 19.4. The topological polar surface area (TPSA) is 60.2 Å². The van der Waals surface area contributed by atoms with Crippen molar-refractivity contribution in [3.8, 4) is 6.07 Å². The van der Waals surface area contributed by atoms with Gasteiger partial charge < -0.3 is 10.0 Å². The van der Waals surface area contributed by atoms with Crippen molar-refractivity contribution in [2.24, 2.45) is 0 Å². The molecule has 1 aromatic heterocycles. The normalized spacial score (nSPS) is 20.9. The summed E-state index contributed by atoms with van der Waals surface area (Å²) < 4.78 is 38.9. The van der Waals surface area contributed by atoms with Crippen LogP contribution in [0.1, 0.15) is 29.2 Å². The van der Waals surface area contributed by atoms with Crippen molar-refractivity contribution in [3.05, 3.63) is 59.3 Å². The van der Waals surface area contributed by atoms with Crippen molar-refractivity contribution in [2.45, 2.75) is 24.7 Å². The van der Waals surface area contributed by atoms with Crippen molar-refractivity contribution in [2.75, 3.05) is 11.4 Å². The minimum Gasteiger partial charge on any atom is -0.391 e. The van der Waals surface area contributed by atoms with Gasteiger partial charge >= 0.3 is 6.18 Å². The van der Waals surface area contributed by atoms with Gasteiger partial charge in [-0.25, -0.2) is 4.98 Å². The predicted octanol–water partition coefficient (Wildman–Crippen LogP) is 3.28. The maximum Gasteiger partial charge on any atom is 0.416 e. The maximum absolute atomic E-state index is 13.0. The fraction of sp³-hybridized carbons (Fsp3) is 0.294. The number of aliphatic hydroxyl groups excluding tert-OH is 1. The zero-order valence-corrected chi connectivity index (χ0v) is 12.5. The molecule has 4 nitrogen and oxygen atoms in total. The molecule has 0 aliphatic carbocycles. The lowest BCUT2D eigenvalue weighted by molar-refractivity contribution is -0.137. The van der Waals surface area contributed by atoms with E-state index in [-0.39, 0.29) is 13.0 Å². The Morgan fingerprint density at radius 3 is 2.75 bits per heavy atom.